The van der Waals surface area contributed by atoms with Crippen LogP contribution in [0.1, 0.15) is 53.4 Å². The van der Waals surface area contributed by atoms with Crippen LogP contribution in [0, 0.1) is 11.8 Å². The van der Waals surface area contributed by atoms with E-state index >= 15 is 0 Å². The van der Waals surface area contributed by atoms with Crippen LogP contribution in [0.25, 0.3) is 0 Å². The Bertz CT molecular complexity index is 753. The van der Waals surface area contributed by atoms with Crippen molar-refractivity contribution in [1.29, 1.82) is 0 Å². The number of carbonyl (C=O) groups excluding carboxylic acids is 3. The molecule has 1 aromatic carbocycles. The molecule has 0 aliphatic heterocycles. The van der Waals surface area contributed by atoms with Gasteiger partial charge in [0, 0.05) is 0 Å². The molecule has 0 aliphatic carbocycles. The zero-order valence-corrected chi connectivity index (χ0v) is 19.7. The molecule has 0 aromatic heterocycles. The van der Waals surface area contributed by atoms with Crippen molar-refractivity contribution in [3.8, 4) is 0 Å². The second kappa shape index (κ2) is 13.7. The first-order valence-corrected chi connectivity index (χ1v) is 11.3. The number of nitrogen functional groups attached to an aromatic ring is 1. The molecule has 0 saturated heterocycles. The summed E-state index contributed by atoms with van der Waals surface area (Å²) in [5, 5.41) is 8.34. The third kappa shape index (κ3) is 9.23. The smallest absolute Gasteiger partial charge is 0.247 e. The lowest BCUT2D eigenvalue weighted by Gasteiger charge is -2.26. The van der Waals surface area contributed by atoms with Crippen molar-refractivity contribution in [2.75, 3.05) is 17.6 Å². The average Bonchev–Trinajstić information content (AvgIpc) is 2.73. The van der Waals surface area contributed by atoms with Crippen LogP contribution in [0.5, 0.6) is 0 Å². The number of rotatable bonds is 13. The molecule has 0 bridgehead atoms. The van der Waals surface area contributed by atoms with Crippen molar-refractivity contribution in [2.24, 2.45) is 23.3 Å². The maximum atomic E-state index is 13.1. The summed E-state index contributed by atoms with van der Waals surface area (Å²) >= 11 is 0. The van der Waals surface area contributed by atoms with Gasteiger partial charge in [-0.3, -0.25) is 14.4 Å². The second-order valence-corrected chi connectivity index (χ2v) is 8.88. The van der Waals surface area contributed by atoms with Gasteiger partial charge in [0.2, 0.25) is 17.7 Å². The van der Waals surface area contributed by atoms with Gasteiger partial charge in [0.1, 0.15) is 12.1 Å². The molecule has 0 aliphatic rings. The van der Waals surface area contributed by atoms with E-state index in [1.807, 2.05) is 27.7 Å². The summed E-state index contributed by atoms with van der Waals surface area (Å²) in [6.07, 6.45) is 2.22. The molecular formula is C23H40N6O3. The van der Waals surface area contributed by atoms with Crippen LogP contribution in [-0.2, 0) is 14.4 Å². The van der Waals surface area contributed by atoms with Crippen molar-refractivity contribution in [1.82, 2.24) is 10.6 Å². The van der Waals surface area contributed by atoms with E-state index in [4.69, 9.17) is 17.2 Å². The molecule has 3 amide bonds. The van der Waals surface area contributed by atoms with Crippen molar-refractivity contribution in [3.05, 3.63) is 24.3 Å². The van der Waals surface area contributed by atoms with E-state index in [2.05, 4.69) is 16.0 Å². The van der Waals surface area contributed by atoms with Crippen molar-refractivity contribution >= 4 is 29.1 Å². The number of benzene rings is 1. The lowest BCUT2D eigenvalue weighted by atomic mass is 9.99. The Morgan fingerprint density at radius 2 is 1.53 bits per heavy atom. The van der Waals surface area contributed by atoms with Gasteiger partial charge in [-0.1, -0.05) is 39.8 Å². The van der Waals surface area contributed by atoms with Crippen LogP contribution in [0.3, 0.4) is 0 Å². The normalized spacial score (nSPS) is 14.0. The predicted octanol–water partition coefficient (Wildman–Crippen LogP) is 1.34. The monoisotopic (exact) mass is 448 g/mol. The summed E-state index contributed by atoms with van der Waals surface area (Å²) in [5.41, 5.74) is 18.4. The van der Waals surface area contributed by atoms with Crippen LogP contribution in [0.4, 0.5) is 11.4 Å². The molecule has 9 nitrogen and oxygen atoms in total. The molecule has 0 fully saturated rings. The topological polar surface area (TPSA) is 165 Å². The zero-order chi connectivity index (χ0) is 24.3. The molecule has 9 heteroatoms. The van der Waals surface area contributed by atoms with Gasteiger partial charge in [0.15, 0.2) is 0 Å². The van der Waals surface area contributed by atoms with Crippen LogP contribution >= 0.6 is 0 Å². The number of hydrogen-bond acceptors (Lipinski definition) is 6. The molecule has 1 aromatic rings. The van der Waals surface area contributed by atoms with Crippen molar-refractivity contribution < 1.29 is 14.4 Å². The number of anilines is 2. The lowest BCUT2D eigenvalue weighted by molar-refractivity contribution is -0.132. The van der Waals surface area contributed by atoms with E-state index in [1.54, 1.807) is 24.3 Å². The summed E-state index contributed by atoms with van der Waals surface area (Å²) in [4.78, 5) is 38.5. The number of nitrogens with two attached hydrogens (primary N) is 3. The van der Waals surface area contributed by atoms with E-state index in [1.165, 1.54) is 0 Å². The second-order valence-electron chi connectivity index (χ2n) is 8.88. The van der Waals surface area contributed by atoms with E-state index < -0.39 is 24.0 Å². The maximum absolute atomic E-state index is 13.1. The summed E-state index contributed by atoms with van der Waals surface area (Å²) in [5.74, 6) is -1.10. The predicted molar refractivity (Wildman–Crippen MR) is 129 cm³/mol. The largest absolute Gasteiger partial charge is 0.397 e. The Hall–Kier alpha value is -2.65. The molecule has 0 spiro atoms. The molecular weight excluding hydrogens is 408 g/mol. The van der Waals surface area contributed by atoms with Gasteiger partial charge >= 0.3 is 0 Å². The summed E-state index contributed by atoms with van der Waals surface area (Å²) in [7, 11) is 0. The summed E-state index contributed by atoms with van der Waals surface area (Å²) < 4.78 is 0. The van der Waals surface area contributed by atoms with E-state index in [9.17, 15) is 14.4 Å². The number of nitrogens with one attached hydrogen (secondary N) is 3. The summed E-state index contributed by atoms with van der Waals surface area (Å²) in [6, 6.07) is 4.61. The van der Waals surface area contributed by atoms with Gasteiger partial charge < -0.3 is 33.2 Å². The minimum atomic E-state index is -0.793. The van der Waals surface area contributed by atoms with Gasteiger partial charge in [-0.2, -0.15) is 0 Å². The van der Waals surface area contributed by atoms with Crippen molar-refractivity contribution in [3.63, 3.8) is 0 Å². The quantitative estimate of drug-likeness (QED) is 0.197. The molecule has 180 valence electrons. The SMILES string of the molecule is CC(C)C[C@H](NC(=O)[C@H](N)C(C)C)C(=O)N[C@@H](CCCCN)C(=O)Nc1ccccc1N. The molecule has 0 radical (unpaired) electrons. The Balaban J connectivity index is 2.96. The summed E-state index contributed by atoms with van der Waals surface area (Å²) in [6.45, 7) is 8.09. The molecule has 1 rings (SSSR count). The first-order chi connectivity index (χ1) is 15.1. The van der Waals surface area contributed by atoms with Gasteiger partial charge in [-0.25, -0.2) is 0 Å². The van der Waals surface area contributed by atoms with Crippen LogP contribution in [-0.4, -0.2) is 42.4 Å². The maximum Gasteiger partial charge on any atom is 0.247 e. The van der Waals surface area contributed by atoms with E-state index in [0.717, 1.165) is 6.42 Å². The third-order valence-corrected chi connectivity index (χ3v) is 5.16. The first-order valence-electron chi connectivity index (χ1n) is 11.3. The highest BCUT2D eigenvalue weighted by Crippen LogP contribution is 2.18. The van der Waals surface area contributed by atoms with Crippen LogP contribution in [0.15, 0.2) is 24.3 Å². The molecule has 0 unspecified atom stereocenters. The van der Waals surface area contributed by atoms with E-state index in [-0.39, 0.29) is 23.7 Å². The highest BCUT2D eigenvalue weighted by Gasteiger charge is 2.29. The molecule has 0 saturated carbocycles. The Kier molecular flexibility index (Phi) is 11.7. The molecule has 3 atom stereocenters. The van der Waals surface area contributed by atoms with Crippen molar-refractivity contribution in [2.45, 2.75) is 71.5 Å². The number of hydrogen-bond donors (Lipinski definition) is 6. The highest BCUT2D eigenvalue weighted by molar-refractivity contribution is 6.00. The zero-order valence-electron chi connectivity index (χ0n) is 19.7. The first kappa shape index (κ1) is 27.4. The number of para-hydroxylation sites is 2. The lowest BCUT2D eigenvalue weighted by Crippen LogP contribution is -2.56. The number of amides is 3. The average molecular weight is 449 g/mol. The van der Waals surface area contributed by atoms with Gasteiger partial charge in [-0.15, -0.1) is 0 Å². The number of carbonyl (C=O) groups is 3. The fourth-order valence-electron chi connectivity index (χ4n) is 3.14. The van der Waals surface area contributed by atoms with Gasteiger partial charge in [-0.05, 0) is 56.2 Å². The Labute approximate surface area is 191 Å². The minimum Gasteiger partial charge on any atom is -0.397 e. The van der Waals surface area contributed by atoms with E-state index in [0.29, 0.717) is 37.2 Å². The molecule has 9 N–H and O–H groups in total. The third-order valence-electron chi connectivity index (χ3n) is 5.16. The fraction of sp³-hybridized carbons (Fsp3) is 0.609. The molecule has 32 heavy (non-hydrogen) atoms. The van der Waals surface area contributed by atoms with Gasteiger partial charge in [0.25, 0.3) is 0 Å². The Morgan fingerprint density at radius 3 is 2.09 bits per heavy atom. The highest BCUT2D eigenvalue weighted by atomic mass is 16.2. The van der Waals surface area contributed by atoms with Crippen LogP contribution < -0.4 is 33.2 Å². The fourth-order valence-corrected chi connectivity index (χ4v) is 3.14. The standard InChI is InChI=1S/C23H40N6O3/c1-14(2)13-19(29-23(32)20(26)15(3)4)22(31)28-18(11-7-8-12-24)21(30)27-17-10-6-5-9-16(17)25/h5-6,9-10,14-15,18-20H,7-8,11-13,24-26H2,1-4H3,(H,27,30)(H,28,31)(H,29,32)/t18-,19-,20+/m0/s1. The minimum absolute atomic E-state index is 0.0659. The van der Waals surface area contributed by atoms with Gasteiger partial charge in [0.05, 0.1) is 17.4 Å². The molecule has 0 heterocycles. The van der Waals surface area contributed by atoms with Crippen LogP contribution in [0.2, 0.25) is 0 Å². The number of unbranched alkanes of at least 4 members (excludes halogenated alkanes) is 1. The Morgan fingerprint density at radius 1 is 0.906 bits per heavy atom.